The molecule has 2 aromatic rings. The zero-order valence-electron chi connectivity index (χ0n) is 14.9. The Morgan fingerprint density at radius 1 is 1.08 bits per heavy atom. The lowest BCUT2D eigenvalue weighted by molar-refractivity contribution is 0.0746. The number of ether oxygens (including phenoxy) is 1. The molecule has 1 aliphatic heterocycles. The molecule has 0 unspecified atom stereocenters. The van der Waals surface area contributed by atoms with Crippen LogP contribution in [0, 0.1) is 19.7 Å². The Labute approximate surface area is 147 Å². The molecule has 132 valence electrons. The molecule has 1 aliphatic rings. The van der Waals surface area contributed by atoms with Gasteiger partial charge in [0, 0.05) is 37.4 Å². The number of rotatable bonds is 3. The van der Waals surface area contributed by atoms with E-state index in [9.17, 15) is 9.18 Å². The number of aryl methyl sites for hydroxylation is 1. The predicted molar refractivity (Wildman–Crippen MR) is 97.0 cm³/mol. The number of hydrogen-bond donors (Lipinski definition) is 0. The number of piperazine rings is 1. The first-order chi connectivity index (χ1) is 12.0. The van der Waals surface area contributed by atoms with E-state index in [0.717, 1.165) is 13.1 Å². The lowest BCUT2D eigenvalue weighted by Gasteiger charge is -2.37. The maximum atomic E-state index is 13.8. The number of amides is 1. The van der Waals surface area contributed by atoms with Gasteiger partial charge >= 0.3 is 0 Å². The average Bonchev–Trinajstić information content (AvgIpc) is 2.63. The molecule has 0 aromatic heterocycles. The topological polar surface area (TPSA) is 32.8 Å². The Morgan fingerprint density at radius 3 is 2.44 bits per heavy atom. The van der Waals surface area contributed by atoms with Gasteiger partial charge in [-0.25, -0.2) is 4.39 Å². The zero-order valence-corrected chi connectivity index (χ0v) is 14.9. The molecule has 4 nitrogen and oxygen atoms in total. The molecule has 1 fully saturated rings. The second kappa shape index (κ2) is 7.13. The van der Waals surface area contributed by atoms with Gasteiger partial charge < -0.3 is 14.5 Å². The van der Waals surface area contributed by atoms with Crippen LogP contribution in [0.4, 0.5) is 10.1 Å². The Kier molecular flexibility index (Phi) is 4.93. The first-order valence-electron chi connectivity index (χ1n) is 8.45. The molecular weight excluding hydrogens is 319 g/mol. The molecule has 2 aromatic carbocycles. The van der Waals surface area contributed by atoms with Gasteiger partial charge in [0.1, 0.15) is 0 Å². The van der Waals surface area contributed by atoms with Crippen molar-refractivity contribution >= 4 is 11.6 Å². The van der Waals surface area contributed by atoms with E-state index in [1.54, 1.807) is 11.0 Å². The zero-order chi connectivity index (χ0) is 18.0. The fourth-order valence-electron chi connectivity index (χ4n) is 3.21. The smallest absolute Gasteiger partial charge is 0.254 e. The van der Waals surface area contributed by atoms with Gasteiger partial charge in [-0.15, -0.1) is 0 Å². The van der Waals surface area contributed by atoms with E-state index in [2.05, 4.69) is 36.9 Å². The minimum Gasteiger partial charge on any atom is -0.494 e. The van der Waals surface area contributed by atoms with Crippen LogP contribution < -0.4 is 9.64 Å². The van der Waals surface area contributed by atoms with Crippen LogP contribution in [-0.2, 0) is 0 Å². The highest BCUT2D eigenvalue weighted by molar-refractivity contribution is 5.94. The van der Waals surface area contributed by atoms with Crippen LogP contribution >= 0.6 is 0 Å². The molecule has 0 aliphatic carbocycles. The number of methoxy groups -OCH3 is 1. The third-order valence-corrected chi connectivity index (χ3v) is 4.88. The van der Waals surface area contributed by atoms with Crippen LogP contribution in [0.2, 0.25) is 0 Å². The lowest BCUT2D eigenvalue weighted by Crippen LogP contribution is -2.49. The molecule has 1 heterocycles. The van der Waals surface area contributed by atoms with Crippen molar-refractivity contribution in [1.82, 2.24) is 4.90 Å². The molecule has 0 saturated carbocycles. The van der Waals surface area contributed by atoms with Crippen molar-refractivity contribution in [2.45, 2.75) is 13.8 Å². The van der Waals surface area contributed by atoms with Crippen LogP contribution in [0.3, 0.4) is 0 Å². The number of benzene rings is 2. The predicted octanol–water partition coefficient (Wildman–Crippen LogP) is 3.41. The van der Waals surface area contributed by atoms with Gasteiger partial charge in [0.05, 0.1) is 7.11 Å². The minimum atomic E-state index is -0.512. The molecule has 0 radical (unpaired) electrons. The van der Waals surface area contributed by atoms with Gasteiger partial charge in [0.25, 0.3) is 5.91 Å². The second-order valence-corrected chi connectivity index (χ2v) is 6.35. The molecule has 1 saturated heterocycles. The van der Waals surface area contributed by atoms with Crippen molar-refractivity contribution in [3.63, 3.8) is 0 Å². The molecule has 0 bridgehead atoms. The third-order valence-electron chi connectivity index (χ3n) is 4.88. The SMILES string of the molecule is COc1ccc(C(=O)N2CCN(c3cccc(C)c3C)CC2)cc1F. The standard InChI is InChI=1S/C20H23FN2O2/c1-14-5-4-6-18(15(14)2)22-9-11-23(12-10-22)20(24)16-7-8-19(25-3)17(21)13-16/h4-8,13H,9-12H2,1-3H3. The molecule has 3 rings (SSSR count). The number of hydrogen-bond acceptors (Lipinski definition) is 3. The van der Waals surface area contributed by atoms with Crippen LogP contribution in [0.5, 0.6) is 5.75 Å². The maximum Gasteiger partial charge on any atom is 0.254 e. The van der Waals surface area contributed by atoms with Crippen molar-refractivity contribution in [3.8, 4) is 5.75 Å². The monoisotopic (exact) mass is 342 g/mol. The van der Waals surface area contributed by atoms with E-state index in [-0.39, 0.29) is 11.7 Å². The van der Waals surface area contributed by atoms with E-state index < -0.39 is 5.82 Å². The molecule has 25 heavy (non-hydrogen) atoms. The summed E-state index contributed by atoms with van der Waals surface area (Å²) in [6.45, 7) is 7.03. The van der Waals surface area contributed by atoms with Crippen molar-refractivity contribution in [3.05, 3.63) is 58.9 Å². The van der Waals surface area contributed by atoms with Gasteiger partial charge in [-0.3, -0.25) is 4.79 Å². The van der Waals surface area contributed by atoms with Gasteiger partial charge in [0.2, 0.25) is 0 Å². The van der Waals surface area contributed by atoms with Crippen molar-refractivity contribution in [2.75, 3.05) is 38.2 Å². The fraction of sp³-hybridized carbons (Fsp3) is 0.350. The number of halogens is 1. The lowest BCUT2D eigenvalue weighted by atomic mass is 10.1. The normalized spacial score (nSPS) is 14.6. The molecule has 0 N–H and O–H groups in total. The highest BCUT2D eigenvalue weighted by atomic mass is 19.1. The summed E-state index contributed by atoms with van der Waals surface area (Å²) < 4.78 is 18.7. The summed E-state index contributed by atoms with van der Waals surface area (Å²) in [6, 6.07) is 10.7. The number of carbonyl (C=O) groups excluding carboxylic acids is 1. The minimum absolute atomic E-state index is 0.137. The summed E-state index contributed by atoms with van der Waals surface area (Å²) in [6.07, 6.45) is 0. The molecule has 5 heteroatoms. The van der Waals surface area contributed by atoms with Gasteiger partial charge in [-0.05, 0) is 49.2 Å². The van der Waals surface area contributed by atoms with Crippen LogP contribution in [0.15, 0.2) is 36.4 Å². The van der Waals surface area contributed by atoms with Crippen LogP contribution in [0.1, 0.15) is 21.5 Å². The Morgan fingerprint density at radius 2 is 1.80 bits per heavy atom. The third kappa shape index (κ3) is 3.45. The van der Waals surface area contributed by atoms with E-state index >= 15 is 0 Å². The number of nitrogens with zero attached hydrogens (tertiary/aromatic N) is 2. The summed E-state index contributed by atoms with van der Waals surface area (Å²) in [5.74, 6) is -0.499. The van der Waals surface area contributed by atoms with Crippen molar-refractivity contribution in [2.24, 2.45) is 0 Å². The number of carbonyl (C=O) groups is 1. The fourth-order valence-corrected chi connectivity index (χ4v) is 3.21. The van der Waals surface area contributed by atoms with Crippen molar-refractivity contribution in [1.29, 1.82) is 0 Å². The molecular formula is C20H23FN2O2. The Balaban J connectivity index is 1.68. The summed E-state index contributed by atoms with van der Waals surface area (Å²) >= 11 is 0. The van der Waals surface area contributed by atoms with Crippen molar-refractivity contribution < 1.29 is 13.9 Å². The highest BCUT2D eigenvalue weighted by Gasteiger charge is 2.23. The number of anilines is 1. The second-order valence-electron chi connectivity index (χ2n) is 6.35. The van der Waals surface area contributed by atoms with Gasteiger partial charge in [-0.2, -0.15) is 0 Å². The van der Waals surface area contributed by atoms with E-state index in [1.165, 1.54) is 36.1 Å². The first-order valence-corrected chi connectivity index (χ1v) is 8.45. The average molecular weight is 342 g/mol. The Bertz CT molecular complexity index is 783. The summed E-state index contributed by atoms with van der Waals surface area (Å²) in [4.78, 5) is 16.7. The highest BCUT2D eigenvalue weighted by Crippen LogP contribution is 2.24. The maximum absolute atomic E-state index is 13.8. The molecule has 0 spiro atoms. The van der Waals surface area contributed by atoms with Gasteiger partial charge in [0.15, 0.2) is 11.6 Å². The van der Waals surface area contributed by atoms with Gasteiger partial charge in [-0.1, -0.05) is 12.1 Å². The largest absolute Gasteiger partial charge is 0.494 e. The summed E-state index contributed by atoms with van der Waals surface area (Å²) in [7, 11) is 1.41. The summed E-state index contributed by atoms with van der Waals surface area (Å²) in [5.41, 5.74) is 4.13. The first kappa shape index (κ1) is 17.3. The molecule has 0 atom stereocenters. The van der Waals surface area contributed by atoms with Crippen LogP contribution in [-0.4, -0.2) is 44.1 Å². The summed E-state index contributed by atoms with van der Waals surface area (Å²) in [5, 5.41) is 0. The van der Waals surface area contributed by atoms with E-state index in [0.29, 0.717) is 18.7 Å². The Hall–Kier alpha value is -2.56. The van der Waals surface area contributed by atoms with E-state index in [4.69, 9.17) is 4.74 Å². The van der Waals surface area contributed by atoms with E-state index in [1.807, 2.05) is 0 Å². The van der Waals surface area contributed by atoms with Crippen LogP contribution in [0.25, 0.3) is 0 Å². The molecule has 1 amide bonds. The quantitative estimate of drug-likeness (QED) is 0.857.